The smallest absolute Gasteiger partial charge is 0.0490 e. The molecule has 2 saturated carbocycles. The summed E-state index contributed by atoms with van der Waals surface area (Å²) in [5, 5.41) is 0. The molecule has 0 heterocycles. The number of hydrogen-bond acceptors (Lipinski definition) is 1. The van der Waals surface area contributed by atoms with Crippen LogP contribution < -0.4 is 0 Å². The van der Waals surface area contributed by atoms with Crippen molar-refractivity contribution in [2.24, 2.45) is 17.3 Å². The summed E-state index contributed by atoms with van der Waals surface area (Å²) in [6.45, 7) is 3.32. The Labute approximate surface area is 75.5 Å². The lowest BCUT2D eigenvalue weighted by molar-refractivity contribution is -0.0886. The van der Waals surface area contributed by atoms with Gasteiger partial charge in [-0.25, -0.2) is 0 Å². The Morgan fingerprint density at radius 1 is 1.17 bits per heavy atom. The van der Waals surface area contributed by atoms with E-state index in [2.05, 4.69) is 6.92 Å². The van der Waals surface area contributed by atoms with Crippen LogP contribution in [0, 0.1) is 17.3 Å². The second-order valence-electron chi connectivity index (χ2n) is 4.91. The molecule has 0 unspecified atom stereocenters. The first-order valence-electron chi connectivity index (χ1n) is 5.27. The minimum absolute atomic E-state index is 0.809. The van der Waals surface area contributed by atoms with Crippen molar-refractivity contribution in [2.75, 3.05) is 13.7 Å². The van der Waals surface area contributed by atoms with E-state index in [4.69, 9.17) is 4.74 Å². The lowest BCUT2D eigenvalue weighted by Gasteiger charge is -2.58. The van der Waals surface area contributed by atoms with Gasteiger partial charge in [0.25, 0.3) is 0 Å². The Balaban J connectivity index is 1.69. The zero-order valence-corrected chi connectivity index (χ0v) is 8.31. The van der Waals surface area contributed by atoms with Crippen molar-refractivity contribution < 1.29 is 4.74 Å². The Hall–Kier alpha value is -0.0400. The van der Waals surface area contributed by atoms with Crippen LogP contribution in [0.3, 0.4) is 0 Å². The lowest BCUT2D eigenvalue weighted by atomic mass is 9.48. The molecule has 2 aliphatic rings. The van der Waals surface area contributed by atoms with Crippen LogP contribution in [0.5, 0.6) is 0 Å². The zero-order valence-electron chi connectivity index (χ0n) is 8.31. The van der Waals surface area contributed by atoms with Crippen molar-refractivity contribution in [3.05, 3.63) is 0 Å². The number of ether oxygens (including phenoxy) is 1. The van der Waals surface area contributed by atoms with Crippen LogP contribution in [0.4, 0.5) is 0 Å². The fourth-order valence-corrected chi connectivity index (χ4v) is 3.31. The summed E-state index contributed by atoms with van der Waals surface area (Å²) in [5.41, 5.74) is 0.809. The fraction of sp³-hybridized carbons (Fsp3) is 1.00. The predicted molar refractivity (Wildman–Crippen MR) is 50.0 cm³/mol. The highest BCUT2D eigenvalue weighted by molar-refractivity contribution is 5.02. The minimum atomic E-state index is 0.809. The van der Waals surface area contributed by atoms with Crippen LogP contribution in [0.25, 0.3) is 0 Å². The van der Waals surface area contributed by atoms with Crippen molar-refractivity contribution in [3.63, 3.8) is 0 Å². The van der Waals surface area contributed by atoms with Crippen LogP contribution >= 0.6 is 0 Å². The van der Waals surface area contributed by atoms with Gasteiger partial charge in [0, 0.05) is 13.7 Å². The molecule has 2 aliphatic carbocycles. The first kappa shape index (κ1) is 8.55. The molecular formula is C11H20O. The molecule has 0 N–H and O–H groups in total. The summed E-state index contributed by atoms with van der Waals surface area (Å²) in [4.78, 5) is 0. The normalized spacial score (nSPS) is 45.5. The van der Waals surface area contributed by atoms with E-state index in [1.165, 1.54) is 32.1 Å². The standard InChI is InChI=1S/C11H20O/c1-3-9-4-11(5-9)6-10(7-11)8-12-2/h9-10H,3-8H2,1-2H3. The maximum absolute atomic E-state index is 5.16. The third kappa shape index (κ3) is 1.28. The Morgan fingerprint density at radius 2 is 1.75 bits per heavy atom. The van der Waals surface area contributed by atoms with Crippen LogP contribution in [0.15, 0.2) is 0 Å². The summed E-state index contributed by atoms with van der Waals surface area (Å²) < 4.78 is 5.16. The number of methoxy groups -OCH3 is 1. The van der Waals surface area contributed by atoms with E-state index in [9.17, 15) is 0 Å². The Kier molecular flexibility index (Phi) is 2.16. The molecule has 0 bridgehead atoms. The predicted octanol–water partition coefficient (Wildman–Crippen LogP) is 2.85. The van der Waals surface area contributed by atoms with Crippen molar-refractivity contribution in [1.82, 2.24) is 0 Å². The third-order valence-electron chi connectivity index (χ3n) is 3.87. The highest BCUT2D eigenvalue weighted by Crippen LogP contribution is 2.61. The molecule has 12 heavy (non-hydrogen) atoms. The van der Waals surface area contributed by atoms with Crippen LogP contribution in [0.2, 0.25) is 0 Å². The number of hydrogen-bond donors (Lipinski definition) is 0. The van der Waals surface area contributed by atoms with E-state index < -0.39 is 0 Å². The topological polar surface area (TPSA) is 9.23 Å². The molecule has 1 heteroatoms. The Morgan fingerprint density at radius 3 is 2.25 bits per heavy atom. The molecule has 0 radical (unpaired) electrons. The van der Waals surface area contributed by atoms with Crippen molar-refractivity contribution >= 4 is 0 Å². The molecule has 2 rings (SSSR count). The largest absolute Gasteiger partial charge is 0.384 e. The highest BCUT2D eigenvalue weighted by Gasteiger charge is 2.51. The quantitative estimate of drug-likeness (QED) is 0.629. The van der Waals surface area contributed by atoms with E-state index in [1.54, 1.807) is 0 Å². The van der Waals surface area contributed by atoms with Gasteiger partial charge < -0.3 is 4.74 Å². The Bertz CT molecular complexity index is 150. The molecule has 0 aromatic carbocycles. The summed E-state index contributed by atoms with van der Waals surface area (Å²) in [7, 11) is 1.82. The second kappa shape index (κ2) is 3.02. The fourth-order valence-electron chi connectivity index (χ4n) is 3.31. The SMILES string of the molecule is CCC1CC2(C1)CC(COC)C2. The van der Waals surface area contributed by atoms with Crippen molar-refractivity contribution in [1.29, 1.82) is 0 Å². The van der Waals surface area contributed by atoms with Gasteiger partial charge in [-0.15, -0.1) is 0 Å². The van der Waals surface area contributed by atoms with Gasteiger partial charge in [0.05, 0.1) is 0 Å². The van der Waals surface area contributed by atoms with Crippen molar-refractivity contribution in [2.45, 2.75) is 39.0 Å². The minimum Gasteiger partial charge on any atom is -0.384 e. The first-order chi connectivity index (χ1) is 5.78. The van der Waals surface area contributed by atoms with E-state index >= 15 is 0 Å². The lowest BCUT2D eigenvalue weighted by Crippen LogP contribution is -2.48. The van der Waals surface area contributed by atoms with E-state index in [0.29, 0.717) is 0 Å². The van der Waals surface area contributed by atoms with Gasteiger partial charge in [0.15, 0.2) is 0 Å². The monoisotopic (exact) mass is 168 g/mol. The van der Waals surface area contributed by atoms with E-state index in [0.717, 1.165) is 23.9 Å². The maximum atomic E-state index is 5.16. The average Bonchev–Trinajstić information content (AvgIpc) is 1.91. The molecular weight excluding hydrogens is 148 g/mol. The van der Waals surface area contributed by atoms with Gasteiger partial charge in [-0.3, -0.25) is 0 Å². The summed E-state index contributed by atoms with van der Waals surface area (Å²) in [6.07, 6.45) is 7.35. The van der Waals surface area contributed by atoms with Crippen LogP contribution in [0.1, 0.15) is 39.0 Å². The maximum Gasteiger partial charge on any atom is 0.0490 e. The van der Waals surface area contributed by atoms with Gasteiger partial charge in [-0.05, 0) is 42.9 Å². The van der Waals surface area contributed by atoms with Gasteiger partial charge in [0.2, 0.25) is 0 Å². The van der Waals surface area contributed by atoms with E-state index in [1.807, 2.05) is 7.11 Å². The third-order valence-corrected chi connectivity index (χ3v) is 3.87. The summed E-state index contributed by atoms with van der Waals surface area (Å²) >= 11 is 0. The van der Waals surface area contributed by atoms with Crippen molar-refractivity contribution in [3.8, 4) is 0 Å². The van der Waals surface area contributed by atoms with Gasteiger partial charge >= 0.3 is 0 Å². The summed E-state index contributed by atoms with van der Waals surface area (Å²) in [6, 6.07) is 0. The second-order valence-corrected chi connectivity index (χ2v) is 4.91. The van der Waals surface area contributed by atoms with Crippen LogP contribution in [-0.4, -0.2) is 13.7 Å². The molecule has 70 valence electrons. The molecule has 2 fully saturated rings. The summed E-state index contributed by atoms with van der Waals surface area (Å²) in [5.74, 6) is 1.96. The molecule has 0 saturated heterocycles. The molecule has 1 nitrogen and oxygen atoms in total. The molecule has 0 aromatic rings. The highest BCUT2D eigenvalue weighted by atomic mass is 16.5. The molecule has 0 aromatic heterocycles. The molecule has 0 atom stereocenters. The molecule has 1 spiro atoms. The zero-order chi connectivity index (χ0) is 8.60. The molecule has 0 amide bonds. The first-order valence-corrected chi connectivity index (χ1v) is 5.27. The average molecular weight is 168 g/mol. The molecule has 0 aliphatic heterocycles. The van der Waals surface area contributed by atoms with Gasteiger partial charge in [0.1, 0.15) is 0 Å². The van der Waals surface area contributed by atoms with Crippen LogP contribution in [-0.2, 0) is 4.74 Å². The van der Waals surface area contributed by atoms with Gasteiger partial charge in [-0.2, -0.15) is 0 Å². The van der Waals surface area contributed by atoms with Gasteiger partial charge in [-0.1, -0.05) is 13.3 Å². The van der Waals surface area contributed by atoms with E-state index in [-0.39, 0.29) is 0 Å². The number of rotatable bonds is 3.